The molecule has 2 aromatic carbocycles. The molecule has 1 aliphatic carbocycles. The van der Waals surface area contributed by atoms with Crippen molar-refractivity contribution >= 4 is 11.8 Å². The van der Waals surface area contributed by atoms with Gasteiger partial charge in [-0.2, -0.15) is 0 Å². The Morgan fingerprint density at radius 2 is 1.70 bits per heavy atom. The predicted octanol–water partition coefficient (Wildman–Crippen LogP) is 2.85. The number of fused-ring (bicyclic) bond motifs is 2. The molecule has 1 unspecified atom stereocenters. The van der Waals surface area contributed by atoms with E-state index in [2.05, 4.69) is 6.07 Å². The molecule has 0 N–H and O–H groups in total. The third-order valence-corrected chi connectivity index (χ3v) is 4.81. The zero-order valence-corrected chi connectivity index (χ0v) is 12.9. The average Bonchev–Trinajstić information content (AvgIpc) is 2.85. The minimum atomic E-state index is -0.165. The smallest absolute Gasteiger partial charge is 0.261 e. The lowest BCUT2D eigenvalue weighted by atomic mass is 9.87. The maximum Gasteiger partial charge on any atom is 0.261 e. The van der Waals surface area contributed by atoms with E-state index in [9.17, 15) is 9.59 Å². The van der Waals surface area contributed by atoms with Crippen molar-refractivity contribution in [2.24, 2.45) is 0 Å². The highest BCUT2D eigenvalue weighted by atomic mass is 16.5. The quantitative estimate of drug-likeness (QED) is 0.802. The van der Waals surface area contributed by atoms with Crippen molar-refractivity contribution in [1.29, 1.82) is 0 Å². The van der Waals surface area contributed by atoms with E-state index in [1.54, 1.807) is 31.4 Å². The number of imide groups is 1. The minimum absolute atomic E-state index is 0.0815. The summed E-state index contributed by atoms with van der Waals surface area (Å²) in [5, 5.41) is 0. The number of hydrogen-bond acceptors (Lipinski definition) is 3. The van der Waals surface area contributed by atoms with Crippen LogP contribution in [0.5, 0.6) is 5.75 Å². The molecule has 2 amide bonds. The molecule has 0 radical (unpaired) electrons. The maximum atomic E-state index is 12.6. The van der Waals surface area contributed by atoms with Crippen molar-refractivity contribution in [3.05, 3.63) is 64.7 Å². The molecule has 0 spiro atoms. The van der Waals surface area contributed by atoms with Crippen LogP contribution in [0, 0.1) is 0 Å². The topological polar surface area (TPSA) is 46.6 Å². The van der Waals surface area contributed by atoms with Crippen molar-refractivity contribution < 1.29 is 14.3 Å². The fourth-order valence-electron chi connectivity index (χ4n) is 3.60. The predicted molar refractivity (Wildman–Crippen MR) is 85.7 cm³/mol. The number of ether oxygens (including phenoxy) is 1. The molecule has 2 aromatic rings. The molecule has 116 valence electrons. The minimum Gasteiger partial charge on any atom is -0.497 e. The van der Waals surface area contributed by atoms with Crippen LogP contribution in [-0.2, 0) is 12.8 Å². The summed E-state index contributed by atoms with van der Waals surface area (Å²) in [5.41, 5.74) is 3.48. The average molecular weight is 307 g/mol. The number of methoxy groups -OCH3 is 1. The fourth-order valence-corrected chi connectivity index (χ4v) is 3.60. The summed E-state index contributed by atoms with van der Waals surface area (Å²) in [4.78, 5) is 26.7. The second-order valence-corrected chi connectivity index (χ2v) is 6.06. The van der Waals surface area contributed by atoms with Crippen LogP contribution in [0.15, 0.2) is 42.5 Å². The Labute approximate surface area is 134 Å². The van der Waals surface area contributed by atoms with E-state index in [4.69, 9.17) is 4.74 Å². The molecule has 4 rings (SSSR count). The van der Waals surface area contributed by atoms with Gasteiger partial charge in [0, 0.05) is 6.04 Å². The second-order valence-electron chi connectivity index (χ2n) is 6.06. The largest absolute Gasteiger partial charge is 0.497 e. The van der Waals surface area contributed by atoms with E-state index in [1.807, 2.05) is 12.1 Å². The van der Waals surface area contributed by atoms with Crippen LogP contribution in [0.2, 0.25) is 0 Å². The molecule has 0 bridgehead atoms. The Bertz CT molecular complexity index is 777. The lowest BCUT2D eigenvalue weighted by Gasteiger charge is -2.31. The fraction of sp³-hybridized carbons (Fsp3) is 0.263. The normalized spacial score (nSPS) is 19.5. The van der Waals surface area contributed by atoms with E-state index < -0.39 is 0 Å². The van der Waals surface area contributed by atoms with Crippen LogP contribution in [0.3, 0.4) is 0 Å². The molecule has 2 aliphatic rings. The van der Waals surface area contributed by atoms with Gasteiger partial charge in [-0.25, -0.2) is 0 Å². The maximum absolute atomic E-state index is 12.6. The summed E-state index contributed by atoms with van der Waals surface area (Å²) in [5.74, 6) is 0.482. The Morgan fingerprint density at radius 3 is 2.35 bits per heavy atom. The molecule has 23 heavy (non-hydrogen) atoms. The summed E-state index contributed by atoms with van der Waals surface area (Å²) in [6.07, 6.45) is 2.38. The number of amides is 2. The third-order valence-electron chi connectivity index (χ3n) is 4.81. The van der Waals surface area contributed by atoms with E-state index in [0.29, 0.717) is 17.5 Å². The summed E-state index contributed by atoms with van der Waals surface area (Å²) >= 11 is 0. The van der Waals surface area contributed by atoms with E-state index in [1.165, 1.54) is 10.5 Å². The first kappa shape index (κ1) is 14.0. The number of aryl methyl sites for hydroxylation is 1. The Balaban J connectivity index is 1.65. The lowest BCUT2D eigenvalue weighted by Crippen LogP contribution is -2.43. The van der Waals surface area contributed by atoms with Crippen molar-refractivity contribution in [1.82, 2.24) is 4.90 Å². The number of benzene rings is 2. The zero-order valence-electron chi connectivity index (χ0n) is 12.9. The van der Waals surface area contributed by atoms with Gasteiger partial charge in [0.15, 0.2) is 0 Å². The van der Waals surface area contributed by atoms with E-state index in [-0.39, 0.29) is 17.9 Å². The third kappa shape index (κ3) is 2.13. The molecule has 1 heterocycles. The van der Waals surface area contributed by atoms with Gasteiger partial charge < -0.3 is 4.74 Å². The molecule has 0 aromatic heterocycles. The van der Waals surface area contributed by atoms with Gasteiger partial charge in [-0.05, 0) is 54.7 Å². The number of carbonyl (C=O) groups is 2. The van der Waals surface area contributed by atoms with Crippen LogP contribution in [-0.4, -0.2) is 29.9 Å². The molecular weight excluding hydrogens is 290 g/mol. The number of carbonyl (C=O) groups excluding carboxylic acids is 2. The Kier molecular flexibility index (Phi) is 3.18. The summed E-state index contributed by atoms with van der Waals surface area (Å²) in [6.45, 7) is 0. The Morgan fingerprint density at radius 1 is 1.00 bits per heavy atom. The van der Waals surface area contributed by atoms with E-state index >= 15 is 0 Å². The van der Waals surface area contributed by atoms with Crippen molar-refractivity contribution in [2.45, 2.75) is 25.3 Å². The molecule has 1 atom stereocenters. The van der Waals surface area contributed by atoms with Crippen LogP contribution in [0.25, 0.3) is 0 Å². The van der Waals surface area contributed by atoms with Gasteiger partial charge in [0.25, 0.3) is 11.8 Å². The summed E-state index contributed by atoms with van der Waals surface area (Å²) in [7, 11) is 1.65. The summed E-state index contributed by atoms with van der Waals surface area (Å²) in [6, 6.07) is 13.0. The highest BCUT2D eigenvalue weighted by Gasteiger charge is 2.40. The highest BCUT2D eigenvalue weighted by molar-refractivity contribution is 6.21. The monoisotopic (exact) mass is 307 g/mol. The molecule has 0 fully saturated rings. The first-order valence-electron chi connectivity index (χ1n) is 7.82. The molecule has 4 heteroatoms. The highest BCUT2D eigenvalue weighted by Crippen LogP contribution is 2.32. The second kappa shape index (κ2) is 5.23. The van der Waals surface area contributed by atoms with Crippen molar-refractivity contribution in [3.8, 4) is 5.75 Å². The van der Waals surface area contributed by atoms with Crippen LogP contribution in [0.4, 0.5) is 0 Å². The zero-order chi connectivity index (χ0) is 16.0. The van der Waals surface area contributed by atoms with Gasteiger partial charge in [0.2, 0.25) is 0 Å². The molecule has 0 saturated carbocycles. The van der Waals surface area contributed by atoms with Crippen molar-refractivity contribution in [3.63, 3.8) is 0 Å². The van der Waals surface area contributed by atoms with Gasteiger partial charge in [-0.15, -0.1) is 0 Å². The van der Waals surface area contributed by atoms with Gasteiger partial charge in [-0.1, -0.05) is 18.2 Å². The van der Waals surface area contributed by atoms with Gasteiger partial charge >= 0.3 is 0 Å². The first-order valence-corrected chi connectivity index (χ1v) is 7.82. The van der Waals surface area contributed by atoms with Crippen LogP contribution in [0.1, 0.15) is 38.3 Å². The molecular formula is C19H17NO3. The lowest BCUT2D eigenvalue weighted by molar-refractivity contribution is 0.0571. The van der Waals surface area contributed by atoms with Gasteiger partial charge in [0.05, 0.1) is 18.2 Å². The van der Waals surface area contributed by atoms with Gasteiger partial charge in [-0.3, -0.25) is 14.5 Å². The van der Waals surface area contributed by atoms with E-state index in [0.717, 1.165) is 24.2 Å². The summed E-state index contributed by atoms with van der Waals surface area (Å²) < 4.78 is 5.29. The number of rotatable bonds is 2. The first-order chi connectivity index (χ1) is 11.2. The number of hydrogen-bond donors (Lipinski definition) is 0. The SMILES string of the molecule is COc1ccc2c(c1)CC(N1C(=O)c3ccccc3C1=O)CC2. The standard InChI is InChI=1S/C19H17NO3/c1-23-15-9-7-12-6-8-14(10-13(12)11-15)20-18(21)16-4-2-3-5-17(16)19(20)22/h2-5,7,9,11,14H,6,8,10H2,1H3. The molecule has 0 saturated heterocycles. The number of nitrogens with zero attached hydrogens (tertiary/aromatic N) is 1. The van der Waals surface area contributed by atoms with Crippen LogP contribution < -0.4 is 4.74 Å². The Hall–Kier alpha value is -2.62. The molecule has 4 nitrogen and oxygen atoms in total. The van der Waals surface area contributed by atoms with Gasteiger partial charge in [0.1, 0.15) is 5.75 Å². The van der Waals surface area contributed by atoms with Crippen molar-refractivity contribution in [2.75, 3.05) is 7.11 Å². The molecule has 1 aliphatic heterocycles. The van der Waals surface area contributed by atoms with Crippen LogP contribution >= 0.6 is 0 Å².